The van der Waals surface area contributed by atoms with Crippen molar-refractivity contribution >= 4 is 11.6 Å². The van der Waals surface area contributed by atoms with E-state index >= 15 is 0 Å². The summed E-state index contributed by atoms with van der Waals surface area (Å²) in [6, 6.07) is 4.38. The second kappa shape index (κ2) is 5.17. The summed E-state index contributed by atoms with van der Waals surface area (Å²) < 4.78 is 13.2. The topological polar surface area (TPSA) is 52.6 Å². The molecular weight excluding hydrogens is 247 g/mol. The maximum atomic E-state index is 13.2. The standard InChI is InChI=1S/C14H19FN2O2/c1-14(13(19)16-2)5-6-17(9-14)12-4-3-11(15)7-10(12)8-18/h3-4,7,18H,5-6,8-9H2,1-2H3,(H,16,19). The zero-order valence-corrected chi connectivity index (χ0v) is 11.2. The fraction of sp³-hybridized carbons (Fsp3) is 0.500. The third-order valence-corrected chi connectivity index (χ3v) is 3.80. The first-order valence-corrected chi connectivity index (χ1v) is 6.36. The number of carbonyl (C=O) groups excluding carboxylic acids is 1. The molecule has 1 aliphatic rings. The van der Waals surface area contributed by atoms with Gasteiger partial charge in [0, 0.05) is 31.4 Å². The molecule has 1 unspecified atom stereocenters. The molecule has 0 aromatic heterocycles. The zero-order valence-electron chi connectivity index (χ0n) is 11.2. The molecule has 1 aromatic rings. The molecule has 0 saturated carbocycles. The predicted octanol–water partition coefficient (Wildman–Crippen LogP) is 1.28. The highest BCUT2D eigenvalue weighted by Crippen LogP contribution is 2.35. The van der Waals surface area contributed by atoms with Gasteiger partial charge in [0.15, 0.2) is 0 Å². The van der Waals surface area contributed by atoms with Gasteiger partial charge in [0.1, 0.15) is 5.82 Å². The van der Waals surface area contributed by atoms with E-state index in [1.54, 1.807) is 13.1 Å². The normalized spacial score (nSPS) is 22.6. The van der Waals surface area contributed by atoms with Crippen molar-refractivity contribution in [3.05, 3.63) is 29.6 Å². The molecule has 0 aliphatic carbocycles. The van der Waals surface area contributed by atoms with Crippen LogP contribution in [0.5, 0.6) is 0 Å². The average Bonchev–Trinajstić information content (AvgIpc) is 2.81. The molecule has 1 saturated heterocycles. The molecule has 19 heavy (non-hydrogen) atoms. The van der Waals surface area contributed by atoms with E-state index in [1.165, 1.54) is 12.1 Å². The molecule has 104 valence electrons. The Morgan fingerprint density at radius 3 is 2.95 bits per heavy atom. The number of rotatable bonds is 3. The lowest BCUT2D eigenvalue weighted by Gasteiger charge is -2.25. The van der Waals surface area contributed by atoms with E-state index in [0.29, 0.717) is 12.1 Å². The van der Waals surface area contributed by atoms with Crippen LogP contribution >= 0.6 is 0 Å². The van der Waals surface area contributed by atoms with Crippen LogP contribution in [0.2, 0.25) is 0 Å². The molecule has 1 aromatic carbocycles. The van der Waals surface area contributed by atoms with E-state index in [4.69, 9.17) is 0 Å². The van der Waals surface area contributed by atoms with Crippen molar-refractivity contribution in [3.63, 3.8) is 0 Å². The van der Waals surface area contributed by atoms with Crippen LogP contribution in [0.1, 0.15) is 18.9 Å². The Balaban J connectivity index is 2.24. The molecule has 1 atom stereocenters. The maximum Gasteiger partial charge on any atom is 0.227 e. The lowest BCUT2D eigenvalue weighted by atomic mass is 9.89. The average molecular weight is 266 g/mol. The monoisotopic (exact) mass is 266 g/mol. The van der Waals surface area contributed by atoms with E-state index in [2.05, 4.69) is 5.32 Å². The van der Waals surface area contributed by atoms with Gasteiger partial charge in [-0.25, -0.2) is 4.39 Å². The summed E-state index contributed by atoms with van der Waals surface area (Å²) in [5.74, 6) is -0.344. The van der Waals surface area contributed by atoms with Crippen LogP contribution in [-0.2, 0) is 11.4 Å². The summed E-state index contributed by atoms with van der Waals surface area (Å²) in [5.41, 5.74) is 0.924. The molecular formula is C14H19FN2O2. The van der Waals surface area contributed by atoms with Crippen LogP contribution in [0.15, 0.2) is 18.2 Å². The van der Waals surface area contributed by atoms with Gasteiger partial charge >= 0.3 is 0 Å². The van der Waals surface area contributed by atoms with Gasteiger partial charge in [-0.15, -0.1) is 0 Å². The minimum absolute atomic E-state index is 0.0164. The molecule has 1 amide bonds. The Morgan fingerprint density at radius 1 is 1.58 bits per heavy atom. The molecule has 1 fully saturated rings. The fourth-order valence-electron chi connectivity index (χ4n) is 2.64. The van der Waals surface area contributed by atoms with E-state index in [-0.39, 0.29) is 18.3 Å². The summed E-state index contributed by atoms with van der Waals surface area (Å²) in [4.78, 5) is 13.9. The SMILES string of the molecule is CNC(=O)C1(C)CCN(c2ccc(F)cc2CO)C1. The summed E-state index contributed by atoms with van der Waals surface area (Å²) in [6.07, 6.45) is 0.745. The number of aliphatic hydroxyl groups is 1. The highest BCUT2D eigenvalue weighted by atomic mass is 19.1. The van der Waals surface area contributed by atoms with Gasteiger partial charge in [-0.05, 0) is 31.5 Å². The molecule has 2 rings (SSSR count). The van der Waals surface area contributed by atoms with Crippen molar-refractivity contribution in [2.24, 2.45) is 5.41 Å². The van der Waals surface area contributed by atoms with E-state index in [9.17, 15) is 14.3 Å². The van der Waals surface area contributed by atoms with Crippen molar-refractivity contribution in [1.29, 1.82) is 0 Å². The first-order chi connectivity index (χ1) is 9.00. The number of nitrogens with one attached hydrogen (secondary N) is 1. The van der Waals surface area contributed by atoms with Crippen molar-refractivity contribution < 1.29 is 14.3 Å². The van der Waals surface area contributed by atoms with Gasteiger partial charge in [-0.2, -0.15) is 0 Å². The van der Waals surface area contributed by atoms with Crippen molar-refractivity contribution in [2.45, 2.75) is 20.0 Å². The van der Waals surface area contributed by atoms with Crippen molar-refractivity contribution in [1.82, 2.24) is 5.32 Å². The molecule has 4 nitrogen and oxygen atoms in total. The predicted molar refractivity (Wildman–Crippen MR) is 71.3 cm³/mol. The molecule has 5 heteroatoms. The van der Waals surface area contributed by atoms with E-state index in [1.807, 2.05) is 11.8 Å². The third-order valence-electron chi connectivity index (χ3n) is 3.80. The summed E-state index contributed by atoms with van der Waals surface area (Å²) >= 11 is 0. The second-order valence-corrected chi connectivity index (χ2v) is 5.24. The second-order valence-electron chi connectivity index (χ2n) is 5.24. The van der Waals surface area contributed by atoms with Crippen LogP contribution in [0.3, 0.4) is 0 Å². The number of nitrogens with zero attached hydrogens (tertiary/aromatic N) is 1. The van der Waals surface area contributed by atoms with E-state index in [0.717, 1.165) is 18.7 Å². The van der Waals surface area contributed by atoms with Crippen LogP contribution in [0.25, 0.3) is 0 Å². The van der Waals surface area contributed by atoms with Crippen molar-refractivity contribution in [3.8, 4) is 0 Å². The van der Waals surface area contributed by atoms with Crippen LogP contribution < -0.4 is 10.2 Å². The zero-order chi connectivity index (χ0) is 14.0. The Hall–Kier alpha value is -1.62. The first kappa shape index (κ1) is 13.8. The Labute approximate surface area is 112 Å². The summed E-state index contributed by atoms with van der Waals surface area (Å²) in [7, 11) is 1.63. The third kappa shape index (κ3) is 2.56. The van der Waals surface area contributed by atoms with Gasteiger partial charge in [-0.3, -0.25) is 4.79 Å². The minimum atomic E-state index is -0.435. The minimum Gasteiger partial charge on any atom is -0.392 e. The number of carbonyl (C=O) groups is 1. The Morgan fingerprint density at radius 2 is 2.32 bits per heavy atom. The largest absolute Gasteiger partial charge is 0.392 e. The molecule has 2 N–H and O–H groups in total. The molecule has 1 heterocycles. The maximum absolute atomic E-state index is 13.2. The van der Waals surface area contributed by atoms with Crippen LogP contribution in [0.4, 0.5) is 10.1 Å². The lowest BCUT2D eigenvalue weighted by Crippen LogP contribution is -2.39. The van der Waals surface area contributed by atoms with Gasteiger partial charge in [-0.1, -0.05) is 0 Å². The molecule has 0 bridgehead atoms. The number of hydrogen-bond acceptors (Lipinski definition) is 3. The highest BCUT2D eigenvalue weighted by molar-refractivity contribution is 5.83. The van der Waals surface area contributed by atoms with Crippen LogP contribution in [0, 0.1) is 11.2 Å². The smallest absolute Gasteiger partial charge is 0.227 e. The lowest BCUT2D eigenvalue weighted by molar-refractivity contribution is -0.128. The number of aliphatic hydroxyl groups excluding tert-OH is 1. The fourth-order valence-corrected chi connectivity index (χ4v) is 2.64. The molecule has 0 spiro atoms. The Kier molecular flexibility index (Phi) is 3.75. The quantitative estimate of drug-likeness (QED) is 0.866. The van der Waals surface area contributed by atoms with Crippen molar-refractivity contribution in [2.75, 3.05) is 25.0 Å². The Bertz CT molecular complexity index is 492. The summed E-state index contributed by atoms with van der Waals surface area (Å²) in [5, 5.41) is 12.0. The number of hydrogen-bond donors (Lipinski definition) is 2. The number of halogens is 1. The number of amides is 1. The van der Waals surface area contributed by atoms with E-state index < -0.39 is 5.41 Å². The number of anilines is 1. The van der Waals surface area contributed by atoms with Crippen LogP contribution in [-0.4, -0.2) is 31.2 Å². The number of benzene rings is 1. The van der Waals surface area contributed by atoms with Gasteiger partial charge < -0.3 is 15.3 Å². The summed E-state index contributed by atoms with van der Waals surface area (Å²) in [6.45, 7) is 3.02. The van der Waals surface area contributed by atoms with Gasteiger partial charge in [0.2, 0.25) is 5.91 Å². The highest BCUT2D eigenvalue weighted by Gasteiger charge is 2.40. The molecule has 1 aliphatic heterocycles. The first-order valence-electron chi connectivity index (χ1n) is 6.36. The van der Waals surface area contributed by atoms with Gasteiger partial charge in [0.05, 0.1) is 12.0 Å². The molecule has 0 radical (unpaired) electrons. The van der Waals surface area contributed by atoms with Gasteiger partial charge in [0.25, 0.3) is 0 Å².